The molecular formula is C13H10N8. The number of nitrogens with zero attached hydrogens (tertiary/aromatic N) is 6. The molecule has 4 aromatic heterocycles. The molecule has 0 radical (unpaired) electrons. The molecule has 0 unspecified atom stereocenters. The van der Waals surface area contributed by atoms with Crippen LogP contribution in [0, 0.1) is 0 Å². The van der Waals surface area contributed by atoms with Crippen LogP contribution < -0.4 is 5.32 Å². The van der Waals surface area contributed by atoms with Gasteiger partial charge in [0.1, 0.15) is 5.69 Å². The normalized spacial score (nSPS) is 10.9. The van der Waals surface area contributed by atoms with Gasteiger partial charge in [0.05, 0.1) is 11.9 Å². The van der Waals surface area contributed by atoms with Gasteiger partial charge in [-0.05, 0) is 24.3 Å². The molecule has 102 valence electrons. The topological polar surface area (TPSA) is 96.7 Å². The van der Waals surface area contributed by atoms with E-state index in [0.29, 0.717) is 17.3 Å². The van der Waals surface area contributed by atoms with Crippen LogP contribution in [-0.4, -0.2) is 35.0 Å². The van der Waals surface area contributed by atoms with Crippen molar-refractivity contribution in [3.63, 3.8) is 0 Å². The van der Waals surface area contributed by atoms with Crippen LogP contribution in [-0.2, 0) is 0 Å². The lowest BCUT2D eigenvalue weighted by atomic mass is 10.3. The van der Waals surface area contributed by atoms with Crippen LogP contribution in [0.5, 0.6) is 0 Å². The maximum absolute atomic E-state index is 4.49. The average molecular weight is 278 g/mol. The third kappa shape index (κ3) is 2.08. The van der Waals surface area contributed by atoms with Crippen LogP contribution in [0.15, 0.2) is 48.9 Å². The zero-order chi connectivity index (χ0) is 14.1. The Morgan fingerprint density at radius 1 is 1.10 bits per heavy atom. The molecule has 0 saturated heterocycles. The van der Waals surface area contributed by atoms with Crippen molar-refractivity contribution in [2.75, 3.05) is 5.32 Å². The Balaban J connectivity index is 1.79. The molecule has 0 amide bonds. The molecule has 0 aliphatic carbocycles. The summed E-state index contributed by atoms with van der Waals surface area (Å²) < 4.78 is 1.66. The van der Waals surface area contributed by atoms with Gasteiger partial charge in [-0.15, -0.1) is 15.3 Å². The van der Waals surface area contributed by atoms with Gasteiger partial charge in [-0.3, -0.25) is 10.1 Å². The van der Waals surface area contributed by atoms with E-state index >= 15 is 0 Å². The van der Waals surface area contributed by atoms with Crippen LogP contribution in [0.2, 0.25) is 0 Å². The van der Waals surface area contributed by atoms with E-state index in [4.69, 9.17) is 0 Å². The first-order valence-corrected chi connectivity index (χ1v) is 6.30. The van der Waals surface area contributed by atoms with Crippen LogP contribution in [0.3, 0.4) is 0 Å². The van der Waals surface area contributed by atoms with Crippen molar-refractivity contribution in [2.24, 2.45) is 0 Å². The molecule has 0 fully saturated rings. The first-order valence-electron chi connectivity index (χ1n) is 6.30. The highest BCUT2D eigenvalue weighted by molar-refractivity contribution is 5.58. The van der Waals surface area contributed by atoms with Gasteiger partial charge in [-0.2, -0.15) is 9.61 Å². The standard InChI is InChI=1S/C13H10N8/c1-2-6-14-10(3-1)13-19-18-12-5-4-11(20-21(12)13)17-9-7-15-16-8-9/h1-8H,(H,15,16)(H,17,20). The van der Waals surface area contributed by atoms with Crippen molar-refractivity contribution < 1.29 is 0 Å². The number of hydrogen-bond acceptors (Lipinski definition) is 6. The molecular weight excluding hydrogens is 268 g/mol. The summed E-state index contributed by atoms with van der Waals surface area (Å²) in [6.45, 7) is 0. The van der Waals surface area contributed by atoms with E-state index in [0.717, 1.165) is 11.4 Å². The van der Waals surface area contributed by atoms with E-state index < -0.39 is 0 Å². The van der Waals surface area contributed by atoms with Crippen molar-refractivity contribution in [2.45, 2.75) is 0 Å². The summed E-state index contributed by atoms with van der Waals surface area (Å²) >= 11 is 0. The van der Waals surface area contributed by atoms with Crippen LogP contribution in [0.25, 0.3) is 17.2 Å². The van der Waals surface area contributed by atoms with Gasteiger partial charge in [-0.1, -0.05) is 6.07 Å². The van der Waals surface area contributed by atoms with Crippen molar-refractivity contribution >= 4 is 17.2 Å². The minimum atomic E-state index is 0.599. The monoisotopic (exact) mass is 278 g/mol. The van der Waals surface area contributed by atoms with Crippen molar-refractivity contribution in [1.29, 1.82) is 0 Å². The van der Waals surface area contributed by atoms with Gasteiger partial charge in [0.15, 0.2) is 11.5 Å². The average Bonchev–Trinajstić information content (AvgIpc) is 3.17. The Morgan fingerprint density at radius 3 is 2.90 bits per heavy atom. The van der Waals surface area contributed by atoms with E-state index in [-0.39, 0.29) is 0 Å². The number of fused-ring (bicyclic) bond motifs is 1. The summed E-state index contributed by atoms with van der Waals surface area (Å²) in [5, 5.41) is 22.5. The highest BCUT2D eigenvalue weighted by Gasteiger charge is 2.10. The second-order valence-corrected chi connectivity index (χ2v) is 4.34. The Bertz CT molecular complexity index is 866. The Morgan fingerprint density at radius 2 is 2.10 bits per heavy atom. The first-order chi connectivity index (χ1) is 10.4. The molecule has 4 aromatic rings. The molecule has 8 heteroatoms. The summed E-state index contributed by atoms with van der Waals surface area (Å²) in [6, 6.07) is 9.30. The maximum atomic E-state index is 4.49. The molecule has 0 aromatic carbocycles. The van der Waals surface area contributed by atoms with Gasteiger partial charge in [0.25, 0.3) is 0 Å². The number of H-pyrrole nitrogens is 1. The van der Waals surface area contributed by atoms with Gasteiger partial charge in [0, 0.05) is 12.4 Å². The lowest BCUT2D eigenvalue weighted by Gasteiger charge is -2.03. The smallest absolute Gasteiger partial charge is 0.203 e. The van der Waals surface area contributed by atoms with Crippen molar-refractivity contribution in [3.05, 3.63) is 48.9 Å². The predicted molar refractivity (Wildman–Crippen MR) is 75.9 cm³/mol. The molecule has 21 heavy (non-hydrogen) atoms. The number of hydrogen-bond donors (Lipinski definition) is 2. The Kier molecular flexibility index (Phi) is 2.57. The number of aromatic nitrogens is 7. The fourth-order valence-electron chi connectivity index (χ4n) is 1.98. The van der Waals surface area contributed by atoms with E-state index in [9.17, 15) is 0 Å². The number of nitrogens with one attached hydrogen (secondary N) is 2. The predicted octanol–water partition coefficient (Wildman–Crippen LogP) is 1.65. The Hall–Kier alpha value is -3.29. The summed E-state index contributed by atoms with van der Waals surface area (Å²) in [5.74, 6) is 1.27. The second-order valence-electron chi connectivity index (χ2n) is 4.34. The fourth-order valence-corrected chi connectivity index (χ4v) is 1.98. The highest BCUT2D eigenvalue weighted by Crippen LogP contribution is 2.17. The van der Waals surface area contributed by atoms with Gasteiger partial charge >= 0.3 is 0 Å². The van der Waals surface area contributed by atoms with E-state index in [1.165, 1.54) is 0 Å². The quantitative estimate of drug-likeness (QED) is 0.591. The zero-order valence-corrected chi connectivity index (χ0v) is 10.8. The first kappa shape index (κ1) is 11.5. The molecule has 0 atom stereocenters. The SMILES string of the molecule is c1ccc(-c2nnc3ccc(Nc4cn[nH]c4)nn23)nc1. The molecule has 2 N–H and O–H groups in total. The molecule has 0 spiro atoms. The van der Waals surface area contributed by atoms with Gasteiger partial charge < -0.3 is 5.32 Å². The lowest BCUT2D eigenvalue weighted by Crippen LogP contribution is -2.00. The number of anilines is 2. The lowest BCUT2D eigenvalue weighted by molar-refractivity contribution is 0.935. The van der Waals surface area contributed by atoms with Crippen LogP contribution >= 0.6 is 0 Å². The summed E-state index contributed by atoms with van der Waals surface area (Å²) in [6.07, 6.45) is 5.14. The van der Waals surface area contributed by atoms with Crippen molar-refractivity contribution in [1.82, 2.24) is 35.0 Å². The minimum absolute atomic E-state index is 0.599. The number of pyridine rings is 1. The van der Waals surface area contributed by atoms with E-state index in [2.05, 4.69) is 35.8 Å². The molecule has 0 bridgehead atoms. The summed E-state index contributed by atoms with van der Waals surface area (Å²) in [7, 11) is 0. The third-order valence-electron chi connectivity index (χ3n) is 2.93. The fraction of sp³-hybridized carbons (Fsp3) is 0. The summed E-state index contributed by atoms with van der Waals surface area (Å²) in [4.78, 5) is 4.28. The van der Waals surface area contributed by atoms with E-state index in [1.807, 2.05) is 30.3 Å². The summed E-state index contributed by atoms with van der Waals surface area (Å²) in [5.41, 5.74) is 2.21. The van der Waals surface area contributed by atoms with Crippen LogP contribution in [0.1, 0.15) is 0 Å². The molecule has 4 rings (SSSR count). The van der Waals surface area contributed by atoms with Gasteiger partial charge in [0.2, 0.25) is 5.82 Å². The number of aromatic amines is 1. The molecule has 4 heterocycles. The van der Waals surface area contributed by atoms with Crippen LogP contribution in [0.4, 0.5) is 11.5 Å². The van der Waals surface area contributed by atoms with Gasteiger partial charge in [-0.25, -0.2) is 0 Å². The number of rotatable bonds is 3. The zero-order valence-electron chi connectivity index (χ0n) is 10.8. The largest absolute Gasteiger partial charge is 0.336 e. The Labute approximate surface area is 118 Å². The molecule has 0 aliphatic rings. The molecule has 0 saturated carbocycles. The maximum Gasteiger partial charge on any atom is 0.203 e. The van der Waals surface area contributed by atoms with E-state index in [1.54, 1.807) is 23.1 Å². The molecule has 8 nitrogen and oxygen atoms in total. The second kappa shape index (κ2) is 4.67. The van der Waals surface area contributed by atoms with Crippen molar-refractivity contribution in [3.8, 4) is 11.5 Å². The highest BCUT2D eigenvalue weighted by atomic mass is 15.4. The third-order valence-corrected chi connectivity index (χ3v) is 2.93. The molecule has 0 aliphatic heterocycles. The minimum Gasteiger partial charge on any atom is -0.336 e.